The number of rotatable bonds is 5. The van der Waals surface area contributed by atoms with Crippen molar-refractivity contribution in [3.05, 3.63) is 182 Å². The molecule has 0 N–H and O–H groups in total. The van der Waals surface area contributed by atoms with Gasteiger partial charge in [-0.25, -0.2) is 0 Å². The highest BCUT2D eigenvalue weighted by molar-refractivity contribution is 7.25. The molecule has 0 saturated heterocycles. The van der Waals surface area contributed by atoms with Crippen LogP contribution in [0.15, 0.2) is 182 Å². The van der Waals surface area contributed by atoms with Gasteiger partial charge in [0.1, 0.15) is 0 Å². The van der Waals surface area contributed by atoms with E-state index in [-0.39, 0.29) is 0 Å². The lowest BCUT2D eigenvalue weighted by atomic mass is 10.00. The van der Waals surface area contributed by atoms with Crippen molar-refractivity contribution in [1.82, 2.24) is 4.57 Å². The fraction of sp³-hybridized carbons (Fsp3) is 0. The average molecular weight is 643 g/mol. The second kappa shape index (κ2) is 11.2. The topological polar surface area (TPSA) is 8.17 Å². The smallest absolute Gasteiger partial charge is 0.0562 e. The van der Waals surface area contributed by atoms with Crippen molar-refractivity contribution < 1.29 is 0 Å². The van der Waals surface area contributed by atoms with Crippen LogP contribution >= 0.6 is 11.3 Å². The fourth-order valence-corrected chi connectivity index (χ4v) is 8.71. The molecule has 0 spiro atoms. The molecule has 230 valence electrons. The molecular weight excluding hydrogens is 613 g/mol. The molecule has 0 aliphatic heterocycles. The molecule has 0 bridgehead atoms. The molecular formula is C46H30N2S. The third-order valence-corrected chi connectivity index (χ3v) is 10.9. The van der Waals surface area contributed by atoms with E-state index in [1.54, 1.807) is 0 Å². The van der Waals surface area contributed by atoms with Gasteiger partial charge in [0.25, 0.3) is 0 Å². The normalized spacial score (nSPS) is 11.7. The predicted molar refractivity (Wildman–Crippen MR) is 211 cm³/mol. The van der Waals surface area contributed by atoms with Crippen LogP contribution in [-0.4, -0.2) is 4.57 Å². The number of hydrogen-bond acceptors (Lipinski definition) is 2. The minimum absolute atomic E-state index is 1.12. The average Bonchev–Trinajstić information content (AvgIpc) is 3.70. The summed E-state index contributed by atoms with van der Waals surface area (Å²) in [6.07, 6.45) is 0. The molecule has 0 fully saturated rings. The Labute approximate surface area is 288 Å². The lowest BCUT2D eigenvalue weighted by Crippen LogP contribution is -2.11. The van der Waals surface area contributed by atoms with E-state index in [9.17, 15) is 0 Å². The molecule has 2 nitrogen and oxygen atoms in total. The van der Waals surface area contributed by atoms with Gasteiger partial charge in [-0.2, -0.15) is 0 Å². The van der Waals surface area contributed by atoms with Crippen LogP contribution in [0.4, 0.5) is 17.1 Å². The van der Waals surface area contributed by atoms with E-state index < -0.39 is 0 Å². The summed E-state index contributed by atoms with van der Waals surface area (Å²) in [6, 6.07) is 66.2. The van der Waals surface area contributed by atoms with Crippen molar-refractivity contribution in [3.8, 4) is 16.8 Å². The zero-order chi connectivity index (χ0) is 32.3. The number of para-hydroxylation sites is 3. The predicted octanol–water partition coefficient (Wildman–Crippen LogP) is 13.4. The Kier molecular flexibility index (Phi) is 6.39. The summed E-state index contributed by atoms with van der Waals surface area (Å²) < 4.78 is 5.05. The number of hydrogen-bond donors (Lipinski definition) is 0. The highest BCUT2D eigenvalue weighted by atomic mass is 32.1. The van der Waals surface area contributed by atoms with Gasteiger partial charge in [0.15, 0.2) is 0 Å². The zero-order valence-electron chi connectivity index (χ0n) is 26.6. The highest BCUT2D eigenvalue weighted by Crippen LogP contribution is 2.47. The third-order valence-electron chi connectivity index (χ3n) is 9.74. The Bertz CT molecular complexity index is 2830. The Morgan fingerprint density at radius 1 is 0.429 bits per heavy atom. The van der Waals surface area contributed by atoms with Gasteiger partial charge in [0.05, 0.1) is 22.4 Å². The van der Waals surface area contributed by atoms with Crippen LogP contribution in [0.5, 0.6) is 0 Å². The summed E-state index contributed by atoms with van der Waals surface area (Å²) in [7, 11) is 0. The molecule has 2 aromatic heterocycles. The molecule has 2 heterocycles. The Morgan fingerprint density at radius 2 is 1.12 bits per heavy atom. The van der Waals surface area contributed by atoms with Crippen LogP contribution in [0.25, 0.3) is 69.6 Å². The van der Waals surface area contributed by atoms with E-state index in [4.69, 9.17) is 0 Å². The van der Waals surface area contributed by atoms with E-state index in [2.05, 4.69) is 191 Å². The van der Waals surface area contributed by atoms with Gasteiger partial charge in [-0.15, -0.1) is 11.3 Å². The van der Waals surface area contributed by atoms with Crippen molar-refractivity contribution in [2.24, 2.45) is 0 Å². The van der Waals surface area contributed by atoms with E-state index in [1.165, 1.54) is 63.9 Å². The number of anilines is 3. The van der Waals surface area contributed by atoms with Crippen LogP contribution in [-0.2, 0) is 0 Å². The summed E-state index contributed by atoms with van der Waals surface area (Å²) in [5.41, 5.74) is 9.31. The maximum Gasteiger partial charge on any atom is 0.0562 e. The van der Waals surface area contributed by atoms with Gasteiger partial charge >= 0.3 is 0 Å². The number of nitrogens with zero attached hydrogens (tertiary/aromatic N) is 2. The standard InChI is InChI=1S/C46H30N2S/c1-3-14-31(15-4-1)36-18-7-10-21-40(36)48(35-27-26-32-30-45-39(29-33(32)28-35)37-19-9-12-25-44(37)49-45)43-24-13-23-42-46(43)38-20-8-11-22-41(38)47(42)34-16-5-2-6-17-34/h1-30H. The summed E-state index contributed by atoms with van der Waals surface area (Å²) in [5, 5.41) is 7.57. The molecule has 0 radical (unpaired) electrons. The van der Waals surface area contributed by atoms with Gasteiger partial charge in [-0.1, -0.05) is 115 Å². The number of aromatic nitrogens is 1. The van der Waals surface area contributed by atoms with Gasteiger partial charge in [0.2, 0.25) is 0 Å². The number of thiophene rings is 1. The van der Waals surface area contributed by atoms with Crippen molar-refractivity contribution >= 4 is 81.1 Å². The van der Waals surface area contributed by atoms with Crippen molar-refractivity contribution in [3.63, 3.8) is 0 Å². The molecule has 8 aromatic carbocycles. The largest absolute Gasteiger partial charge is 0.309 e. The summed E-state index contributed by atoms with van der Waals surface area (Å²) in [6.45, 7) is 0. The molecule has 0 unspecified atom stereocenters. The first kappa shape index (κ1) is 27.9. The third kappa shape index (κ3) is 4.47. The van der Waals surface area contributed by atoms with E-state index in [1.807, 2.05) is 11.3 Å². The Balaban J connectivity index is 1.29. The van der Waals surface area contributed by atoms with Crippen LogP contribution in [0, 0.1) is 0 Å². The van der Waals surface area contributed by atoms with Crippen LogP contribution in [0.1, 0.15) is 0 Å². The second-order valence-corrected chi connectivity index (χ2v) is 13.6. The molecule has 0 aliphatic carbocycles. The summed E-state index contributed by atoms with van der Waals surface area (Å²) in [5.74, 6) is 0. The van der Waals surface area contributed by atoms with Crippen LogP contribution in [0.2, 0.25) is 0 Å². The summed E-state index contributed by atoms with van der Waals surface area (Å²) >= 11 is 1.87. The van der Waals surface area contributed by atoms with E-state index in [0.717, 1.165) is 22.7 Å². The summed E-state index contributed by atoms with van der Waals surface area (Å²) in [4.78, 5) is 2.47. The number of fused-ring (bicyclic) bond motifs is 7. The molecule has 0 atom stereocenters. The van der Waals surface area contributed by atoms with E-state index in [0.29, 0.717) is 0 Å². The lowest BCUT2D eigenvalue weighted by molar-refractivity contribution is 1.18. The molecule has 0 amide bonds. The first-order valence-corrected chi connectivity index (χ1v) is 17.5. The molecule has 10 rings (SSSR count). The second-order valence-electron chi connectivity index (χ2n) is 12.6. The fourth-order valence-electron chi connectivity index (χ4n) is 7.58. The Hall–Kier alpha value is -6.16. The first-order chi connectivity index (χ1) is 24.3. The van der Waals surface area contributed by atoms with Crippen LogP contribution in [0.3, 0.4) is 0 Å². The molecule has 10 aromatic rings. The zero-order valence-corrected chi connectivity index (χ0v) is 27.4. The molecule has 0 saturated carbocycles. The quantitative estimate of drug-likeness (QED) is 0.181. The van der Waals surface area contributed by atoms with Gasteiger partial charge < -0.3 is 9.47 Å². The molecule has 49 heavy (non-hydrogen) atoms. The lowest BCUT2D eigenvalue weighted by Gasteiger charge is -2.29. The maximum absolute atomic E-state index is 2.47. The monoisotopic (exact) mass is 642 g/mol. The first-order valence-electron chi connectivity index (χ1n) is 16.7. The molecule has 3 heteroatoms. The van der Waals surface area contributed by atoms with E-state index >= 15 is 0 Å². The van der Waals surface area contributed by atoms with Gasteiger partial charge in [-0.3, -0.25) is 0 Å². The molecule has 0 aliphatic rings. The van der Waals surface area contributed by atoms with Crippen molar-refractivity contribution in [2.75, 3.05) is 4.90 Å². The van der Waals surface area contributed by atoms with Gasteiger partial charge in [0, 0.05) is 47.9 Å². The highest BCUT2D eigenvalue weighted by Gasteiger charge is 2.23. The minimum atomic E-state index is 1.12. The minimum Gasteiger partial charge on any atom is -0.309 e. The maximum atomic E-state index is 2.47. The SMILES string of the molecule is c1ccc(-c2ccccc2N(c2ccc3cc4sc5ccccc5c4cc3c2)c2cccc3c2c2ccccc2n3-c2ccccc2)cc1. The Morgan fingerprint density at radius 3 is 2.00 bits per heavy atom. The van der Waals surface area contributed by atoms with Crippen LogP contribution < -0.4 is 4.90 Å². The number of benzene rings is 8. The van der Waals surface area contributed by atoms with Crippen molar-refractivity contribution in [2.45, 2.75) is 0 Å². The van der Waals surface area contributed by atoms with Crippen molar-refractivity contribution in [1.29, 1.82) is 0 Å². The van der Waals surface area contributed by atoms with Gasteiger partial charge in [-0.05, 0) is 83.1 Å².